The fourth-order valence-corrected chi connectivity index (χ4v) is 2.61. The molecule has 0 N–H and O–H groups in total. The van der Waals surface area contributed by atoms with Gasteiger partial charge in [0.25, 0.3) is 5.91 Å². The molecule has 0 atom stereocenters. The van der Waals surface area contributed by atoms with Gasteiger partial charge in [0.15, 0.2) is 0 Å². The Bertz CT molecular complexity index is 368. The fraction of sp³-hybridized carbons (Fsp3) is 0.462. The topological polar surface area (TPSA) is 20.3 Å². The van der Waals surface area contributed by atoms with Gasteiger partial charge in [0.2, 0.25) is 0 Å². The molecule has 1 fully saturated rings. The third-order valence-electron chi connectivity index (χ3n) is 3.28. The van der Waals surface area contributed by atoms with E-state index in [1.54, 1.807) is 0 Å². The van der Waals surface area contributed by atoms with Crippen LogP contribution in [0.4, 0.5) is 0 Å². The highest BCUT2D eigenvalue weighted by molar-refractivity contribution is 14.1. The number of nitrogens with zero attached hydrogens (tertiary/aromatic N) is 1. The molecule has 1 saturated carbocycles. The molecule has 2 rings (SSSR count). The Hall–Kier alpha value is -0.580. The number of rotatable bonds is 2. The van der Waals surface area contributed by atoms with Gasteiger partial charge in [-0.1, -0.05) is 12.8 Å². The zero-order valence-corrected chi connectivity index (χ0v) is 11.6. The summed E-state index contributed by atoms with van der Waals surface area (Å²) in [4.78, 5) is 14.1. The summed E-state index contributed by atoms with van der Waals surface area (Å²) < 4.78 is 1.16. The molecular formula is C13H16INO. The van der Waals surface area contributed by atoms with Gasteiger partial charge in [-0.3, -0.25) is 4.79 Å². The summed E-state index contributed by atoms with van der Waals surface area (Å²) in [6.45, 7) is 0. The number of benzene rings is 1. The zero-order valence-electron chi connectivity index (χ0n) is 9.45. The molecule has 3 heteroatoms. The predicted molar refractivity (Wildman–Crippen MR) is 73.5 cm³/mol. The number of carbonyl (C=O) groups excluding carboxylic acids is 1. The maximum Gasteiger partial charge on any atom is 0.253 e. The van der Waals surface area contributed by atoms with Crippen LogP contribution in [0.2, 0.25) is 0 Å². The standard InChI is InChI=1S/C13H16INO/c1-15(12-4-2-3-5-12)13(16)10-6-8-11(14)9-7-10/h6-9,12H,2-5H2,1H3. The van der Waals surface area contributed by atoms with E-state index in [1.807, 2.05) is 36.2 Å². The summed E-state index contributed by atoms with van der Waals surface area (Å²) in [6, 6.07) is 8.24. The molecule has 1 aromatic rings. The molecule has 1 aliphatic carbocycles. The molecule has 1 amide bonds. The summed E-state index contributed by atoms with van der Waals surface area (Å²) in [7, 11) is 1.93. The Morgan fingerprint density at radius 1 is 1.25 bits per heavy atom. The van der Waals surface area contributed by atoms with Crippen molar-refractivity contribution in [2.75, 3.05) is 7.05 Å². The molecule has 0 bridgehead atoms. The van der Waals surface area contributed by atoms with Crippen LogP contribution in [-0.2, 0) is 0 Å². The Morgan fingerprint density at radius 2 is 1.81 bits per heavy atom. The molecule has 0 spiro atoms. The first-order valence-corrected chi connectivity index (χ1v) is 6.79. The molecule has 16 heavy (non-hydrogen) atoms. The van der Waals surface area contributed by atoms with Crippen LogP contribution in [0.1, 0.15) is 36.0 Å². The van der Waals surface area contributed by atoms with Gasteiger partial charge in [-0.05, 0) is 59.7 Å². The molecule has 0 aromatic heterocycles. The van der Waals surface area contributed by atoms with Gasteiger partial charge >= 0.3 is 0 Å². The average Bonchev–Trinajstić information content (AvgIpc) is 2.81. The van der Waals surface area contributed by atoms with Gasteiger partial charge in [0, 0.05) is 22.2 Å². The largest absolute Gasteiger partial charge is 0.339 e. The Kier molecular flexibility index (Phi) is 3.84. The van der Waals surface area contributed by atoms with Crippen LogP contribution in [0.3, 0.4) is 0 Å². The maximum absolute atomic E-state index is 12.2. The van der Waals surface area contributed by atoms with Crippen LogP contribution in [0.25, 0.3) is 0 Å². The van der Waals surface area contributed by atoms with Gasteiger partial charge in [-0.15, -0.1) is 0 Å². The minimum Gasteiger partial charge on any atom is -0.339 e. The third kappa shape index (κ3) is 2.56. The van der Waals surface area contributed by atoms with E-state index in [-0.39, 0.29) is 5.91 Å². The summed E-state index contributed by atoms with van der Waals surface area (Å²) in [6.07, 6.45) is 4.84. The third-order valence-corrected chi connectivity index (χ3v) is 4.00. The van der Waals surface area contributed by atoms with Gasteiger partial charge in [0.1, 0.15) is 0 Å². The van der Waals surface area contributed by atoms with Gasteiger partial charge in [-0.2, -0.15) is 0 Å². The molecule has 86 valence electrons. The van der Waals surface area contributed by atoms with Crippen LogP contribution in [0.5, 0.6) is 0 Å². The van der Waals surface area contributed by atoms with Crippen LogP contribution < -0.4 is 0 Å². The van der Waals surface area contributed by atoms with Crippen LogP contribution in [-0.4, -0.2) is 23.9 Å². The number of carbonyl (C=O) groups is 1. The SMILES string of the molecule is CN(C(=O)c1ccc(I)cc1)C1CCCC1. The van der Waals surface area contributed by atoms with E-state index in [0.29, 0.717) is 6.04 Å². The quantitative estimate of drug-likeness (QED) is 0.763. The van der Waals surface area contributed by atoms with Crippen LogP contribution >= 0.6 is 22.6 Å². The first-order valence-electron chi connectivity index (χ1n) is 5.71. The maximum atomic E-state index is 12.2. The van der Waals surface area contributed by atoms with E-state index in [0.717, 1.165) is 22.0 Å². The first-order chi connectivity index (χ1) is 7.68. The minimum atomic E-state index is 0.156. The molecule has 2 nitrogen and oxygen atoms in total. The lowest BCUT2D eigenvalue weighted by atomic mass is 10.1. The second-order valence-electron chi connectivity index (χ2n) is 4.36. The van der Waals surface area contributed by atoms with E-state index in [9.17, 15) is 4.79 Å². The summed E-state index contributed by atoms with van der Waals surface area (Å²) in [5.74, 6) is 0.156. The molecule has 0 saturated heterocycles. The van der Waals surface area contributed by atoms with Gasteiger partial charge < -0.3 is 4.90 Å². The van der Waals surface area contributed by atoms with Gasteiger partial charge in [0.05, 0.1) is 0 Å². The van der Waals surface area contributed by atoms with Crippen molar-refractivity contribution in [1.82, 2.24) is 4.90 Å². The molecule has 0 unspecified atom stereocenters. The first kappa shape index (κ1) is 11.9. The van der Waals surface area contributed by atoms with Crippen molar-refractivity contribution >= 4 is 28.5 Å². The van der Waals surface area contributed by atoms with Crippen molar-refractivity contribution in [3.63, 3.8) is 0 Å². The zero-order chi connectivity index (χ0) is 11.5. The summed E-state index contributed by atoms with van der Waals surface area (Å²) >= 11 is 2.25. The van der Waals surface area contributed by atoms with Gasteiger partial charge in [-0.25, -0.2) is 0 Å². The van der Waals surface area contributed by atoms with E-state index in [4.69, 9.17) is 0 Å². The number of halogens is 1. The van der Waals surface area contributed by atoms with Crippen LogP contribution in [0.15, 0.2) is 24.3 Å². The Balaban J connectivity index is 2.08. The molecular weight excluding hydrogens is 313 g/mol. The van der Waals surface area contributed by atoms with E-state index in [2.05, 4.69) is 22.6 Å². The Morgan fingerprint density at radius 3 is 2.38 bits per heavy atom. The lowest BCUT2D eigenvalue weighted by Gasteiger charge is -2.24. The summed E-state index contributed by atoms with van der Waals surface area (Å²) in [5, 5.41) is 0. The van der Waals surface area contributed by atoms with Crippen molar-refractivity contribution in [2.45, 2.75) is 31.7 Å². The molecule has 0 heterocycles. The molecule has 0 radical (unpaired) electrons. The smallest absolute Gasteiger partial charge is 0.253 e. The predicted octanol–water partition coefficient (Wildman–Crippen LogP) is 3.31. The van der Waals surface area contributed by atoms with Crippen LogP contribution in [0, 0.1) is 3.57 Å². The van der Waals surface area contributed by atoms with Crippen molar-refractivity contribution < 1.29 is 4.79 Å². The second kappa shape index (κ2) is 5.17. The number of amides is 1. The summed E-state index contributed by atoms with van der Waals surface area (Å²) in [5.41, 5.74) is 0.801. The van der Waals surface area contributed by atoms with E-state index < -0.39 is 0 Å². The van der Waals surface area contributed by atoms with Crippen molar-refractivity contribution in [3.05, 3.63) is 33.4 Å². The average molecular weight is 329 g/mol. The second-order valence-corrected chi connectivity index (χ2v) is 5.61. The van der Waals surface area contributed by atoms with E-state index >= 15 is 0 Å². The van der Waals surface area contributed by atoms with Crippen molar-refractivity contribution in [1.29, 1.82) is 0 Å². The minimum absolute atomic E-state index is 0.156. The number of hydrogen-bond acceptors (Lipinski definition) is 1. The Labute approximate surface area is 110 Å². The van der Waals surface area contributed by atoms with Crippen molar-refractivity contribution in [3.8, 4) is 0 Å². The molecule has 1 aromatic carbocycles. The highest BCUT2D eigenvalue weighted by Crippen LogP contribution is 2.23. The highest BCUT2D eigenvalue weighted by Gasteiger charge is 2.23. The molecule has 1 aliphatic rings. The highest BCUT2D eigenvalue weighted by atomic mass is 127. The number of hydrogen-bond donors (Lipinski definition) is 0. The lowest BCUT2D eigenvalue weighted by molar-refractivity contribution is 0.0735. The lowest BCUT2D eigenvalue weighted by Crippen LogP contribution is -2.35. The monoisotopic (exact) mass is 329 g/mol. The normalized spacial score (nSPS) is 16.4. The van der Waals surface area contributed by atoms with E-state index in [1.165, 1.54) is 12.8 Å². The van der Waals surface area contributed by atoms with Crippen molar-refractivity contribution in [2.24, 2.45) is 0 Å². The fourth-order valence-electron chi connectivity index (χ4n) is 2.25. The molecule has 0 aliphatic heterocycles.